The first-order valence-corrected chi connectivity index (χ1v) is 8.11. The second kappa shape index (κ2) is 7.75. The van der Waals surface area contributed by atoms with Crippen LogP contribution >= 0.6 is 12.2 Å². The molecule has 0 saturated heterocycles. The molecule has 0 aliphatic carbocycles. The van der Waals surface area contributed by atoms with Gasteiger partial charge in [0.05, 0.1) is 11.9 Å². The van der Waals surface area contributed by atoms with Crippen LogP contribution in [0.25, 0.3) is 5.69 Å². The molecule has 1 amide bonds. The molecule has 0 atom stereocenters. The van der Waals surface area contributed by atoms with Gasteiger partial charge in [0.2, 0.25) is 5.88 Å². The average Bonchev–Trinajstić information content (AvgIpc) is 2.66. The van der Waals surface area contributed by atoms with Gasteiger partial charge in [0, 0.05) is 5.56 Å². The Morgan fingerprint density at radius 3 is 2.52 bits per heavy atom. The predicted molar refractivity (Wildman–Crippen MR) is 100 cm³/mol. The predicted octanol–water partition coefficient (Wildman–Crippen LogP) is 2.50. The van der Waals surface area contributed by atoms with E-state index in [0.717, 1.165) is 10.8 Å². The number of aromatic hydroxyl groups is 1. The lowest BCUT2D eigenvalue weighted by Gasteiger charge is -2.11. The first kappa shape index (κ1) is 18.2. The number of hydrogen-bond donors (Lipinski definition) is 3. The maximum absolute atomic E-state index is 13.1. The summed E-state index contributed by atoms with van der Waals surface area (Å²) in [5.41, 5.74) is 2.09. The molecule has 0 bridgehead atoms. The van der Waals surface area contributed by atoms with Crippen molar-refractivity contribution in [1.82, 2.24) is 15.0 Å². The third-order valence-electron chi connectivity index (χ3n) is 3.60. The lowest BCUT2D eigenvalue weighted by Crippen LogP contribution is -2.21. The van der Waals surface area contributed by atoms with Crippen molar-refractivity contribution in [3.8, 4) is 11.6 Å². The molecule has 0 radical (unpaired) electrons. The summed E-state index contributed by atoms with van der Waals surface area (Å²) in [6, 6.07) is 13.5. The summed E-state index contributed by atoms with van der Waals surface area (Å²) in [4.78, 5) is 26.4. The van der Waals surface area contributed by atoms with Crippen molar-refractivity contribution in [2.45, 2.75) is 0 Å². The van der Waals surface area contributed by atoms with Crippen molar-refractivity contribution in [3.05, 3.63) is 86.7 Å². The summed E-state index contributed by atoms with van der Waals surface area (Å²) in [5, 5.41) is 14.1. The summed E-state index contributed by atoms with van der Waals surface area (Å²) in [6.07, 6.45) is 1.00. The van der Waals surface area contributed by atoms with Gasteiger partial charge in [-0.05, 0) is 48.6 Å². The van der Waals surface area contributed by atoms with Gasteiger partial charge < -0.3 is 5.11 Å². The summed E-state index contributed by atoms with van der Waals surface area (Å²) >= 11 is 5.06. The average molecular weight is 384 g/mol. The first-order chi connectivity index (χ1) is 13.0. The third-order valence-corrected chi connectivity index (χ3v) is 3.89. The molecule has 2 aromatic carbocycles. The van der Waals surface area contributed by atoms with Crippen LogP contribution in [0.5, 0.6) is 5.88 Å². The number of aromatic nitrogens is 2. The van der Waals surface area contributed by atoms with E-state index >= 15 is 0 Å². The number of rotatable bonds is 4. The van der Waals surface area contributed by atoms with E-state index in [1.807, 2.05) is 0 Å². The Balaban J connectivity index is 1.93. The van der Waals surface area contributed by atoms with Crippen LogP contribution in [-0.2, 0) is 0 Å². The Kier molecular flexibility index (Phi) is 5.23. The van der Waals surface area contributed by atoms with Gasteiger partial charge in [0.15, 0.2) is 4.77 Å². The fourth-order valence-corrected chi connectivity index (χ4v) is 2.58. The summed E-state index contributed by atoms with van der Waals surface area (Å²) in [6.45, 7) is 0. The number of H-pyrrole nitrogens is 1. The van der Waals surface area contributed by atoms with Crippen molar-refractivity contribution >= 4 is 24.3 Å². The van der Waals surface area contributed by atoms with Crippen molar-refractivity contribution in [3.63, 3.8) is 0 Å². The fraction of sp³-hybridized carbons (Fsp3) is 0. The normalized spacial score (nSPS) is 10.9. The smallest absolute Gasteiger partial charge is 0.271 e. The van der Waals surface area contributed by atoms with Gasteiger partial charge in [0.1, 0.15) is 11.4 Å². The Bertz CT molecular complexity index is 1120. The van der Waals surface area contributed by atoms with Crippen molar-refractivity contribution in [2.24, 2.45) is 5.10 Å². The number of amides is 1. The quantitative estimate of drug-likeness (QED) is 0.366. The minimum atomic E-state index is -0.687. The molecule has 1 heterocycles. The van der Waals surface area contributed by atoms with E-state index < -0.39 is 23.2 Å². The molecular weight excluding hydrogens is 371 g/mol. The van der Waals surface area contributed by atoms with Crippen LogP contribution in [-0.4, -0.2) is 26.8 Å². The van der Waals surface area contributed by atoms with Gasteiger partial charge in [-0.15, -0.1) is 0 Å². The molecular formula is C18H13FN4O3S. The number of nitrogens with one attached hydrogen (secondary N) is 2. The number of halogens is 1. The molecule has 0 unspecified atom stereocenters. The SMILES string of the molecule is O=C(N/N=C\c1c(O)n(-c2ccc(F)cc2)c(=S)[nH]c1=O)c1ccccc1. The highest BCUT2D eigenvalue weighted by Gasteiger charge is 2.13. The van der Waals surface area contributed by atoms with Crippen LogP contribution < -0.4 is 11.0 Å². The maximum Gasteiger partial charge on any atom is 0.271 e. The first-order valence-electron chi connectivity index (χ1n) is 7.70. The molecule has 0 aliphatic rings. The van der Waals surface area contributed by atoms with Crippen LogP contribution in [0.1, 0.15) is 15.9 Å². The van der Waals surface area contributed by atoms with Crippen molar-refractivity contribution in [2.75, 3.05) is 0 Å². The standard InChI is InChI=1S/C18H13FN4O3S/c19-12-6-8-13(9-7-12)23-17(26)14(16(25)21-18(23)27)10-20-22-15(24)11-4-2-1-3-5-11/h1-10,26H,(H,22,24)(H,21,25,27)/b20-10-. The number of benzene rings is 2. The van der Waals surface area contributed by atoms with E-state index in [9.17, 15) is 19.1 Å². The van der Waals surface area contributed by atoms with Crippen LogP contribution in [0.4, 0.5) is 4.39 Å². The topological polar surface area (TPSA) is 99.5 Å². The van der Waals surface area contributed by atoms with Gasteiger partial charge in [0.25, 0.3) is 11.5 Å². The zero-order valence-corrected chi connectivity index (χ0v) is 14.5. The lowest BCUT2D eigenvalue weighted by molar-refractivity contribution is 0.0955. The van der Waals surface area contributed by atoms with Crippen LogP contribution in [0.2, 0.25) is 0 Å². The van der Waals surface area contributed by atoms with Crippen LogP contribution in [0.3, 0.4) is 0 Å². The Morgan fingerprint density at radius 1 is 1.19 bits per heavy atom. The molecule has 0 saturated carbocycles. The lowest BCUT2D eigenvalue weighted by atomic mass is 10.2. The number of aromatic amines is 1. The highest BCUT2D eigenvalue weighted by molar-refractivity contribution is 7.71. The van der Waals surface area contributed by atoms with Crippen LogP contribution in [0, 0.1) is 10.6 Å². The number of hydrogen-bond acceptors (Lipinski definition) is 5. The third kappa shape index (κ3) is 3.98. The van der Waals surface area contributed by atoms with Gasteiger partial charge >= 0.3 is 0 Å². The van der Waals surface area contributed by atoms with E-state index in [1.165, 1.54) is 24.3 Å². The second-order valence-electron chi connectivity index (χ2n) is 5.37. The molecule has 9 heteroatoms. The maximum atomic E-state index is 13.1. The van der Waals surface area contributed by atoms with E-state index in [4.69, 9.17) is 12.2 Å². The largest absolute Gasteiger partial charge is 0.494 e. The minimum absolute atomic E-state index is 0.0745. The van der Waals surface area contributed by atoms with E-state index in [1.54, 1.807) is 30.3 Å². The second-order valence-corrected chi connectivity index (χ2v) is 5.76. The summed E-state index contributed by atoms with van der Waals surface area (Å²) in [7, 11) is 0. The molecule has 3 N–H and O–H groups in total. The van der Waals surface area contributed by atoms with Gasteiger partial charge in [-0.1, -0.05) is 18.2 Å². The molecule has 136 valence electrons. The van der Waals surface area contributed by atoms with E-state index in [2.05, 4.69) is 15.5 Å². The molecule has 0 aliphatic heterocycles. The van der Waals surface area contributed by atoms with Crippen molar-refractivity contribution in [1.29, 1.82) is 0 Å². The number of carbonyl (C=O) groups is 1. The molecule has 0 spiro atoms. The van der Waals surface area contributed by atoms with E-state index in [0.29, 0.717) is 11.3 Å². The molecule has 0 fully saturated rings. The zero-order valence-electron chi connectivity index (χ0n) is 13.7. The van der Waals surface area contributed by atoms with Gasteiger partial charge in [-0.3, -0.25) is 19.1 Å². The minimum Gasteiger partial charge on any atom is -0.494 e. The fourth-order valence-electron chi connectivity index (χ4n) is 2.29. The summed E-state index contributed by atoms with van der Waals surface area (Å²) < 4.78 is 14.2. The molecule has 7 nitrogen and oxygen atoms in total. The number of hydrazone groups is 1. The monoisotopic (exact) mass is 384 g/mol. The number of carbonyl (C=O) groups excluding carboxylic acids is 1. The Morgan fingerprint density at radius 2 is 1.85 bits per heavy atom. The Hall–Kier alpha value is -3.59. The van der Waals surface area contributed by atoms with Gasteiger partial charge in [-0.25, -0.2) is 9.82 Å². The number of nitrogens with zero attached hydrogens (tertiary/aromatic N) is 2. The molecule has 27 heavy (non-hydrogen) atoms. The highest BCUT2D eigenvalue weighted by Crippen LogP contribution is 2.18. The molecule has 3 rings (SSSR count). The van der Waals surface area contributed by atoms with E-state index in [-0.39, 0.29) is 10.3 Å². The molecule has 3 aromatic rings. The Labute approximate surface area is 157 Å². The summed E-state index contributed by atoms with van der Waals surface area (Å²) in [5.74, 6) is -1.43. The highest BCUT2D eigenvalue weighted by atomic mass is 32.1. The van der Waals surface area contributed by atoms with Gasteiger partial charge in [-0.2, -0.15) is 5.10 Å². The van der Waals surface area contributed by atoms with Crippen molar-refractivity contribution < 1.29 is 14.3 Å². The molecule has 1 aromatic heterocycles. The zero-order chi connectivity index (χ0) is 19.4. The van der Waals surface area contributed by atoms with Crippen LogP contribution in [0.15, 0.2) is 64.5 Å².